The summed E-state index contributed by atoms with van der Waals surface area (Å²) in [5, 5.41) is 0. The van der Waals surface area contributed by atoms with Crippen LogP contribution in [0.1, 0.15) is 37.4 Å². The summed E-state index contributed by atoms with van der Waals surface area (Å²) in [6.07, 6.45) is 0. The molecule has 0 radical (unpaired) electrons. The average Bonchev–Trinajstić information content (AvgIpc) is 2.73. The van der Waals surface area contributed by atoms with Gasteiger partial charge < -0.3 is 9.29 Å². The fourth-order valence-corrected chi connectivity index (χ4v) is 3.46. The molecule has 0 aliphatic carbocycles. The van der Waals surface area contributed by atoms with Crippen LogP contribution in [-0.2, 0) is 0 Å². The van der Waals surface area contributed by atoms with Gasteiger partial charge in [-0.1, -0.05) is 54.1 Å². The molecule has 3 aromatic rings. The third kappa shape index (κ3) is 4.11. The molecule has 3 aromatic carbocycles. The molecule has 0 aliphatic rings. The summed E-state index contributed by atoms with van der Waals surface area (Å²) in [5.41, 5.74) is 3.09. The van der Waals surface area contributed by atoms with Crippen molar-refractivity contribution in [2.75, 3.05) is 7.11 Å². The van der Waals surface area contributed by atoms with Crippen molar-refractivity contribution in [3.8, 4) is 5.75 Å². The molecule has 0 aromatic heterocycles. The molecular formula is C23H20O4S. The lowest BCUT2D eigenvalue weighted by Gasteiger charge is -2.10. The molecule has 5 heteroatoms. The van der Waals surface area contributed by atoms with E-state index < -0.39 is 10.8 Å². The Labute approximate surface area is 166 Å². The molecule has 0 saturated heterocycles. The zero-order valence-corrected chi connectivity index (χ0v) is 16.5. The summed E-state index contributed by atoms with van der Waals surface area (Å²) in [6, 6.07) is 18.8. The van der Waals surface area contributed by atoms with Crippen LogP contribution in [0.4, 0.5) is 0 Å². The van der Waals surface area contributed by atoms with Crippen molar-refractivity contribution in [2.24, 2.45) is 0 Å². The Balaban J connectivity index is 1.86. The van der Waals surface area contributed by atoms with Gasteiger partial charge >= 0.3 is 0 Å². The number of ketones is 2. The van der Waals surface area contributed by atoms with Gasteiger partial charge in [0.2, 0.25) is 0 Å². The summed E-state index contributed by atoms with van der Waals surface area (Å²) in [4.78, 5) is 25.8. The van der Waals surface area contributed by atoms with Gasteiger partial charge in [0.05, 0.1) is 12.0 Å². The molecule has 142 valence electrons. The fourth-order valence-electron chi connectivity index (χ4n) is 2.81. The number of benzene rings is 3. The van der Waals surface area contributed by atoms with Crippen molar-refractivity contribution >= 4 is 28.2 Å². The second-order valence-corrected chi connectivity index (χ2v) is 7.50. The second-order valence-electron chi connectivity index (χ2n) is 6.33. The van der Waals surface area contributed by atoms with E-state index in [0.717, 1.165) is 5.56 Å². The Morgan fingerprint density at radius 1 is 0.821 bits per heavy atom. The zero-order chi connectivity index (χ0) is 20.3. The predicted octanol–water partition coefficient (Wildman–Crippen LogP) is 5.00. The molecule has 0 fully saturated rings. The SMILES string of the molecule is C=S(O)c1cc(C(=O)c2ccc(C(=O)c3ccc(C)cc3)cc2)ccc1OC. The minimum Gasteiger partial charge on any atom is -0.496 e. The minimum absolute atomic E-state index is 0.0906. The van der Waals surface area contributed by atoms with E-state index in [1.807, 2.05) is 19.1 Å². The maximum Gasteiger partial charge on any atom is 0.193 e. The number of hydrogen-bond acceptors (Lipinski definition) is 4. The molecule has 0 amide bonds. The van der Waals surface area contributed by atoms with Gasteiger partial charge in [-0.2, -0.15) is 0 Å². The van der Waals surface area contributed by atoms with E-state index >= 15 is 0 Å². The Morgan fingerprint density at radius 2 is 1.25 bits per heavy atom. The quantitative estimate of drug-likeness (QED) is 0.474. The Hall–Kier alpha value is -3.02. The lowest BCUT2D eigenvalue weighted by atomic mass is 9.98. The van der Waals surface area contributed by atoms with Gasteiger partial charge in [0.15, 0.2) is 11.6 Å². The lowest BCUT2D eigenvalue weighted by Crippen LogP contribution is -2.05. The molecular weight excluding hydrogens is 372 g/mol. The normalized spacial score (nSPS) is 11.7. The maximum atomic E-state index is 12.8. The maximum absolute atomic E-state index is 12.8. The number of hydrogen-bond donors (Lipinski definition) is 1. The summed E-state index contributed by atoms with van der Waals surface area (Å²) >= 11 is 0. The largest absolute Gasteiger partial charge is 0.496 e. The first-order chi connectivity index (χ1) is 13.4. The van der Waals surface area contributed by atoms with Gasteiger partial charge in [0.25, 0.3) is 0 Å². The van der Waals surface area contributed by atoms with Gasteiger partial charge in [-0.05, 0) is 41.8 Å². The number of aryl methyl sites for hydroxylation is 1. The van der Waals surface area contributed by atoms with Crippen LogP contribution in [0.3, 0.4) is 0 Å². The second kappa shape index (κ2) is 8.33. The van der Waals surface area contributed by atoms with E-state index in [0.29, 0.717) is 32.9 Å². The predicted molar refractivity (Wildman–Crippen MR) is 113 cm³/mol. The molecule has 0 spiro atoms. The first-order valence-corrected chi connectivity index (χ1v) is 9.93. The first kappa shape index (κ1) is 19.7. The van der Waals surface area contributed by atoms with E-state index in [1.54, 1.807) is 54.6 Å². The average molecular weight is 392 g/mol. The van der Waals surface area contributed by atoms with Crippen LogP contribution in [0.15, 0.2) is 71.6 Å². The molecule has 0 aliphatic heterocycles. The highest BCUT2D eigenvalue weighted by Crippen LogP contribution is 2.32. The van der Waals surface area contributed by atoms with Crippen LogP contribution < -0.4 is 4.74 Å². The van der Waals surface area contributed by atoms with Crippen molar-refractivity contribution < 1.29 is 18.9 Å². The summed E-state index contributed by atoms with van der Waals surface area (Å²) in [5.74, 6) is 3.80. The lowest BCUT2D eigenvalue weighted by molar-refractivity contribution is 0.102. The van der Waals surface area contributed by atoms with Crippen molar-refractivity contribution in [3.05, 3.63) is 94.5 Å². The fraction of sp³-hybridized carbons (Fsp3) is 0.0870. The van der Waals surface area contributed by atoms with Crippen LogP contribution in [0.2, 0.25) is 0 Å². The molecule has 28 heavy (non-hydrogen) atoms. The highest BCUT2D eigenvalue weighted by molar-refractivity contribution is 8.09. The van der Waals surface area contributed by atoms with Crippen molar-refractivity contribution in [1.82, 2.24) is 0 Å². The standard InChI is InChI=1S/C23H20O4S/c1-15-4-6-16(7-5-15)22(24)17-8-10-18(11-9-17)23(25)19-12-13-20(27-2)21(14-19)28(3)26/h4-14,26H,3H2,1-2H3. The van der Waals surface area contributed by atoms with E-state index in [1.165, 1.54) is 7.11 Å². The molecule has 0 heterocycles. The Morgan fingerprint density at radius 3 is 1.71 bits per heavy atom. The van der Waals surface area contributed by atoms with E-state index in [2.05, 4.69) is 5.87 Å². The van der Waals surface area contributed by atoms with Crippen LogP contribution in [-0.4, -0.2) is 29.1 Å². The van der Waals surface area contributed by atoms with Crippen molar-refractivity contribution in [2.45, 2.75) is 11.8 Å². The molecule has 4 nitrogen and oxygen atoms in total. The molecule has 1 atom stereocenters. The van der Waals surface area contributed by atoms with Gasteiger partial charge in [-0.15, -0.1) is 0 Å². The summed E-state index contributed by atoms with van der Waals surface area (Å²) in [7, 11) is 0.219. The Kier molecular flexibility index (Phi) is 5.87. The van der Waals surface area contributed by atoms with Crippen LogP contribution in [0.25, 0.3) is 0 Å². The third-order valence-corrected chi connectivity index (χ3v) is 5.23. The van der Waals surface area contributed by atoms with Crippen molar-refractivity contribution in [3.63, 3.8) is 0 Å². The number of ether oxygens (including phenoxy) is 1. The van der Waals surface area contributed by atoms with Crippen LogP contribution >= 0.6 is 10.8 Å². The minimum atomic E-state index is -1.28. The van der Waals surface area contributed by atoms with E-state index in [9.17, 15) is 14.1 Å². The smallest absolute Gasteiger partial charge is 0.193 e. The Bertz CT molecular complexity index is 1050. The first-order valence-electron chi connectivity index (χ1n) is 8.58. The number of methoxy groups -OCH3 is 1. The highest BCUT2D eigenvalue weighted by Gasteiger charge is 2.15. The molecule has 3 rings (SSSR count). The van der Waals surface area contributed by atoms with Crippen LogP contribution in [0, 0.1) is 6.92 Å². The topological polar surface area (TPSA) is 63.6 Å². The molecule has 0 saturated carbocycles. The van der Waals surface area contributed by atoms with E-state index in [4.69, 9.17) is 4.74 Å². The van der Waals surface area contributed by atoms with Crippen LogP contribution in [0.5, 0.6) is 5.75 Å². The summed E-state index contributed by atoms with van der Waals surface area (Å²) < 4.78 is 15.0. The van der Waals surface area contributed by atoms with Gasteiger partial charge in [0, 0.05) is 22.3 Å². The zero-order valence-electron chi connectivity index (χ0n) is 15.6. The molecule has 0 bridgehead atoms. The van der Waals surface area contributed by atoms with Crippen molar-refractivity contribution in [1.29, 1.82) is 0 Å². The van der Waals surface area contributed by atoms with Gasteiger partial charge in [-0.3, -0.25) is 9.59 Å². The number of carbonyl (C=O) groups excluding carboxylic acids is 2. The highest BCUT2D eigenvalue weighted by atomic mass is 32.2. The van der Waals surface area contributed by atoms with Gasteiger partial charge in [-0.25, -0.2) is 0 Å². The third-order valence-electron chi connectivity index (χ3n) is 4.40. The van der Waals surface area contributed by atoms with E-state index in [-0.39, 0.29) is 11.6 Å². The monoisotopic (exact) mass is 392 g/mol. The summed E-state index contributed by atoms with van der Waals surface area (Å²) in [6.45, 7) is 1.97. The molecule has 1 N–H and O–H groups in total. The number of carbonyl (C=O) groups is 2. The number of rotatable bonds is 6. The van der Waals surface area contributed by atoms with Gasteiger partial charge in [0.1, 0.15) is 5.75 Å². The molecule has 1 unspecified atom stereocenters.